The third-order valence-electron chi connectivity index (χ3n) is 7.36. The van der Waals surface area contributed by atoms with Gasteiger partial charge < -0.3 is 14.2 Å². The van der Waals surface area contributed by atoms with Crippen LogP contribution in [0.15, 0.2) is 82.6 Å². The molecule has 1 fully saturated rings. The van der Waals surface area contributed by atoms with Crippen LogP contribution in [-0.4, -0.2) is 35.6 Å². The Bertz CT molecular complexity index is 1340. The largest absolute Gasteiger partial charge is 0.497 e. The standard InChI is InChI=1S/C32H36N2O2S/c1-24-29-23-26(36-2)16-19-30(29)34(22-8-4-7-13-31(35)33-20-9-10-21-33)32(24)25-14-17-28(18-15-25)37-27-11-5-3-6-12-27/h3,5-6,11-12,14-19,23H,4,7-10,13,20-22H2,1-2H3. The second-order valence-electron chi connectivity index (χ2n) is 9.85. The number of unbranched alkanes of at least 4 members (excludes halogenated alkanes) is 2. The van der Waals surface area contributed by atoms with Gasteiger partial charge in [0.15, 0.2) is 0 Å². The number of carbonyl (C=O) groups excluding carboxylic acids is 1. The number of hydrogen-bond acceptors (Lipinski definition) is 3. The van der Waals surface area contributed by atoms with Crippen LogP contribution in [0.4, 0.5) is 0 Å². The first-order valence-electron chi connectivity index (χ1n) is 13.4. The number of carbonyl (C=O) groups is 1. The van der Waals surface area contributed by atoms with Crippen molar-refractivity contribution < 1.29 is 9.53 Å². The molecule has 37 heavy (non-hydrogen) atoms. The lowest BCUT2D eigenvalue weighted by atomic mass is 10.1. The molecule has 3 aromatic carbocycles. The third kappa shape index (κ3) is 5.88. The molecule has 0 radical (unpaired) electrons. The number of hydrogen-bond donors (Lipinski definition) is 0. The molecule has 4 nitrogen and oxygen atoms in total. The Morgan fingerprint density at radius 2 is 1.62 bits per heavy atom. The van der Waals surface area contributed by atoms with Gasteiger partial charge in [0.05, 0.1) is 12.8 Å². The summed E-state index contributed by atoms with van der Waals surface area (Å²) in [7, 11) is 1.72. The van der Waals surface area contributed by atoms with E-state index < -0.39 is 0 Å². The molecular formula is C32H36N2O2S. The molecule has 5 rings (SSSR count). The lowest BCUT2D eigenvalue weighted by molar-refractivity contribution is -0.130. The fraction of sp³-hybridized carbons (Fsp3) is 0.344. The Kier molecular flexibility index (Phi) is 8.20. The lowest BCUT2D eigenvalue weighted by Crippen LogP contribution is -2.27. The molecule has 0 bridgehead atoms. The molecule has 1 aromatic heterocycles. The van der Waals surface area contributed by atoms with Crippen LogP contribution in [0.5, 0.6) is 5.75 Å². The van der Waals surface area contributed by atoms with E-state index in [4.69, 9.17) is 4.74 Å². The first-order valence-corrected chi connectivity index (χ1v) is 14.2. The summed E-state index contributed by atoms with van der Waals surface area (Å²) >= 11 is 1.79. The lowest BCUT2D eigenvalue weighted by Gasteiger charge is -2.15. The van der Waals surface area contributed by atoms with Gasteiger partial charge in [0, 0.05) is 46.7 Å². The molecule has 1 aliphatic heterocycles. The van der Waals surface area contributed by atoms with Crippen molar-refractivity contribution >= 4 is 28.6 Å². The quantitative estimate of drug-likeness (QED) is 0.202. The van der Waals surface area contributed by atoms with Crippen LogP contribution < -0.4 is 4.74 Å². The highest BCUT2D eigenvalue weighted by Gasteiger charge is 2.18. The van der Waals surface area contributed by atoms with E-state index in [0.29, 0.717) is 12.3 Å². The Morgan fingerprint density at radius 3 is 2.35 bits per heavy atom. The molecule has 0 unspecified atom stereocenters. The van der Waals surface area contributed by atoms with Gasteiger partial charge >= 0.3 is 0 Å². The molecular weight excluding hydrogens is 476 g/mol. The highest BCUT2D eigenvalue weighted by atomic mass is 32.2. The van der Waals surface area contributed by atoms with Crippen LogP contribution in [0.3, 0.4) is 0 Å². The monoisotopic (exact) mass is 512 g/mol. The van der Waals surface area contributed by atoms with Crippen molar-refractivity contribution in [3.8, 4) is 17.0 Å². The van der Waals surface area contributed by atoms with Crippen molar-refractivity contribution in [2.45, 2.75) is 61.8 Å². The Labute approximate surface area is 224 Å². The molecule has 5 heteroatoms. The first kappa shape index (κ1) is 25.5. The van der Waals surface area contributed by atoms with E-state index in [-0.39, 0.29) is 0 Å². The van der Waals surface area contributed by atoms with Gasteiger partial charge in [0.1, 0.15) is 5.75 Å². The maximum Gasteiger partial charge on any atom is 0.222 e. The summed E-state index contributed by atoms with van der Waals surface area (Å²) < 4.78 is 8.00. The van der Waals surface area contributed by atoms with E-state index >= 15 is 0 Å². The average Bonchev–Trinajstić information content (AvgIpc) is 3.57. The van der Waals surface area contributed by atoms with Crippen LogP contribution in [0.25, 0.3) is 22.2 Å². The van der Waals surface area contributed by atoms with Crippen LogP contribution in [0.1, 0.15) is 44.1 Å². The summed E-state index contributed by atoms with van der Waals surface area (Å²) in [4.78, 5) is 16.9. The Hall–Kier alpha value is -3.18. The van der Waals surface area contributed by atoms with Gasteiger partial charge in [-0.2, -0.15) is 0 Å². The predicted octanol–water partition coefficient (Wildman–Crippen LogP) is 7.96. The Balaban J connectivity index is 1.34. The minimum atomic E-state index is 0.334. The predicted molar refractivity (Wildman–Crippen MR) is 154 cm³/mol. The molecule has 2 heterocycles. The summed E-state index contributed by atoms with van der Waals surface area (Å²) in [5, 5.41) is 1.24. The van der Waals surface area contributed by atoms with Gasteiger partial charge in [0.2, 0.25) is 5.91 Å². The number of rotatable bonds is 10. The van der Waals surface area contributed by atoms with E-state index in [9.17, 15) is 4.79 Å². The number of benzene rings is 3. The normalized spacial score (nSPS) is 13.4. The maximum absolute atomic E-state index is 12.4. The van der Waals surface area contributed by atoms with Crippen LogP contribution in [0, 0.1) is 6.92 Å². The number of likely N-dealkylation sites (tertiary alicyclic amines) is 1. The smallest absolute Gasteiger partial charge is 0.222 e. The molecule has 0 N–H and O–H groups in total. The van der Waals surface area contributed by atoms with Crippen LogP contribution in [0.2, 0.25) is 0 Å². The Morgan fingerprint density at radius 1 is 0.892 bits per heavy atom. The van der Waals surface area contributed by atoms with Crippen LogP contribution in [-0.2, 0) is 11.3 Å². The van der Waals surface area contributed by atoms with Crippen molar-refractivity contribution in [2.75, 3.05) is 20.2 Å². The van der Waals surface area contributed by atoms with Crippen molar-refractivity contribution in [1.29, 1.82) is 0 Å². The average molecular weight is 513 g/mol. The summed E-state index contributed by atoms with van der Waals surface area (Å²) in [5.41, 5.74) is 5.02. The van der Waals surface area contributed by atoms with E-state index in [1.165, 1.54) is 37.5 Å². The first-order chi connectivity index (χ1) is 18.1. The van der Waals surface area contributed by atoms with Gasteiger partial charge in [-0.3, -0.25) is 4.79 Å². The second kappa shape index (κ2) is 11.9. The minimum absolute atomic E-state index is 0.334. The van der Waals surface area contributed by atoms with Gasteiger partial charge in [-0.25, -0.2) is 0 Å². The van der Waals surface area contributed by atoms with E-state index in [0.717, 1.165) is 57.5 Å². The molecule has 4 aromatic rings. The molecule has 1 aliphatic rings. The molecule has 0 atom stereocenters. The van der Waals surface area contributed by atoms with Gasteiger partial charge in [-0.05, 0) is 86.2 Å². The van der Waals surface area contributed by atoms with Gasteiger partial charge in [-0.1, -0.05) is 48.5 Å². The maximum atomic E-state index is 12.4. The minimum Gasteiger partial charge on any atom is -0.497 e. The van der Waals surface area contributed by atoms with E-state index in [2.05, 4.69) is 84.3 Å². The summed E-state index contributed by atoms with van der Waals surface area (Å²) in [6.07, 6.45) is 6.06. The number of aromatic nitrogens is 1. The fourth-order valence-corrected chi connectivity index (χ4v) is 6.22. The number of ether oxygens (including phenoxy) is 1. The van der Waals surface area contributed by atoms with Crippen molar-refractivity contribution in [3.05, 3.63) is 78.4 Å². The van der Waals surface area contributed by atoms with Crippen LogP contribution >= 0.6 is 11.8 Å². The van der Waals surface area contributed by atoms with Gasteiger partial charge in [-0.15, -0.1) is 0 Å². The number of methoxy groups -OCH3 is 1. The number of fused-ring (bicyclic) bond motifs is 1. The zero-order valence-corrected chi connectivity index (χ0v) is 22.7. The van der Waals surface area contributed by atoms with Crippen molar-refractivity contribution in [1.82, 2.24) is 9.47 Å². The number of amides is 1. The van der Waals surface area contributed by atoms with Gasteiger partial charge in [0.25, 0.3) is 0 Å². The molecule has 0 spiro atoms. The van der Waals surface area contributed by atoms with E-state index in [1.54, 1.807) is 18.9 Å². The summed E-state index contributed by atoms with van der Waals surface area (Å²) in [5.74, 6) is 1.22. The van der Waals surface area contributed by atoms with E-state index in [1.807, 2.05) is 4.90 Å². The summed E-state index contributed by atoms with van der Waals surface area (Å²) in [6.45, 7) is 5.05. The zero-order valence-electron chi connectivity index (χ0n) is 21.9. The third-order valence-corrected chi connectivity index (χ3v) is 8.38. The fourth-order valence-electron chi connectivity index (χ4n) is 5.39. The molecule has 0 saturated carbocycles. The SMILES string of the molecule is COc1ccc2c(c1)c(C)c(-c1ccc(Sc3ccccc3)cc1)n2CCCCCC(=O)N1CCCC1. The second-order valence-corrected chi connectivity index (χ2v) is 11.0. The van der Waals surface area contributed by atoms with Crippen molar-refractivity contribution in [2.24, 2.45) is 0 Å². The molecule has 1 amide bonds. The highest BCUT2D eigenvalue weighted by molar-refractivity contribution is 7.99. The highest BCUT2D eigenvalue weighted by Crippen LogP contribution is 2.37. The topological polar surface area (TPSA) is 34.5 Å². The summed E-state index contributed by atoms with van der Waals surface area (Å²) in [6, 6.07) is 25.8. The molecule has 192 valence electrons. The zero-order chi connectivity index (χ0) is 25.6. The number of aryl methyl sites for hydroxylation is 2. The van der Waals surface area contributed by atoms with Crippen molar-refractivity contribution in [3.63, 3.8) is 0 Å². The molecule has 1 saturated heterocycles. The molecule has 0 aliphatic carbocycles. The number of nitrogens with zero attached hydrogens (tertiary/aromatic N) is 2.